The van der Waals surface area contributed by atoms with Gasteiger partial charge in [-0.3, -0.25) is 4.79 Å². The normalized spacial score (nSPS) is 11.4. The summed E-state index contributed by atoms with van der Waals surface area (Å²) in [4.78, 5) is 12.2. The van der Waals surface area contributed by atoms with Gasteiger partial charge in [-0.05, 0) is 23.6 Å². The van der Waals surface area contributed by atoms with Gasteiger partial charge in [0.1, 0.15) is 15.7 Å². The molecule has 1 heterocycles. The van der Waals surface area contributed by atoms with Crippen LogP contribution < -0.4 is 35.0 Å². The van der Waals surface area contributed by atoms with Gasteiger partial charge in [0.05, 0.1) is 10.3 Å². The summed E-state index contributed by atoms with van der Waals surface area (Å²) in [7, 11) is -4.70. The Balaban J connectivity index is 0.00000210. The van der Waals surface area contributed by atoms with E-state index >= 15 is 0 Å². The van der Waals surface area contributed by atoms with Crippen LogP contribution in [0.5, 0.6) is 5.75 Å². The Bertz CT molecular complexity index is 1330. The second kappa shape index (κ2) is 7.10. The molecule has 0 fully saturated rings. The Kier molecular flexibility index (Phi) is 5.16. The van der Waals surface area contributed by atoms with Gasteiger partial charge < -0.3 is 14.1 Å². The van der Waals surface area contributed by atoms with E-state index in [1.54, 1.807) is 36.4 Å². The summed E-state index contributed by atoms with van der Waals surface area (Å²) in [6.07, 6.45) is 0. The average Bonchev–Trinajstić information content (AvgIpc) is 2.63. The standard InChI is InChI=1S/C19H12O6S.Na/c20-17-14-9-12-7-4-8-16(26(22,23)24)13(12)10-15(14)25-19(18(17)21)11-5-2-1-3-6-11;/h1-10,21H,(H,22,23,24);/q;+1/p-1. The molecular weight excluding hydrogens is 379 g/mol. The molecule has 3 aromatic carbocycles. The summed E-state index contributed by atoms with van der Waals surface area (Å²) in [5.74, 6) is -0.555. The van der Waals surface area contributed by atoms with Gasteiger partial charge in [-0.15, -0.1) is 0 Å². The zero-order valence-corrected chi connectivity index (χ0v) is 17.0. The molecule has 0 unspecified atom stereocenters. The first kappa shape index (κ1) is 19.6. The maximum Gasteiger partial charge on any atom is 1.00 e. The smallest absolute Gasteiger partial charge is 0.744 e. The summed E-state index contributed by atoms with van der Waals surface area (Å²) < 4.78 is 40.2. The maximum absolute atomic E-state index is 12.6. The Labute approximate surface area is 176 Å². The molecule has 0 aliphatic carbocycles. The Morgan fingerprint density at radius 1 is 0.926 bits per heavy atom. The molecule has 0 spiro atoms. The minimum atomic E-state index is -4.70. The van der Waals surface area contributed by atoms with Crippen LogP contribution in [-0.2, 0) is 10.1 Å². The number of aromatic hydroxyl groups is 1. The largest absolute Gasteiger partial charge is 1.00 e. The van der Waals surface area contributed by atoms with Crippen molar-refractivity contribution >= 4 is 31.9 Å². The first-order chi connectivity index (χ1) is 12.4. The van der Waals surface area contributed by atoms with Crippen LogP contribution in [0.1, 0.15) is 0 Å². The predicted molar refractivity (Wildman–Crippen MR) is 95.1 cm³/mol. The van der Waals surface area contributed by atoms with Gasteiger partial charge in [0.15, 0.2) is 5.76 Å². The fraction of sp³-hybridized carbons (Fsp3) is 0. The van der Waals surface area contributed by atoms with Gasteiger partial charge in [-0.1, -0.05) is 42.5 Å². The topological polar surface area (TPSA) is 108 Å². The number of rotatable bonds is 2. The van der Waals surface area contributed by atoms with Gasteiger partial charge in [0.2, 0.25) is 11.2 Å². The van der Waals surface area contributed by atoms with Crippen molar-refractivity contribution < 1.29 is 52.1 Å². The Morgan fingerprint density at radius 3 is 2.30 bits per heavy atom. The summed E-state index contributed by atoms with van der Waals surface area (Å²) in [5, 5.41) is 10.9. The van der Waals surface area contributed by atoms with E-state index in [4.69, 9.17) is 4.42 Å². The van der Waals surface area contributed by atoms with E-state index in [1.807, 2.05) is 0 Å². The van der Waals surface area contributed by atoms with Crippen LogP contribution in [0.25, 0.3) is 33.1 Å². The van der Waals surface area contributed by atoms with Crippen LogP contribution >= 0.6 is 0 Å². The molecular formula is C19H11NaO6S. The molecule has 27 heavy (non-hydrogen) atoms. The van der Waals surface area contributed by atoms with Crippen molar-refractivity contribution in [1.29, 1.82) is 0 Å². The Morgan fingerprint density at radius 2 is 1.63 bits per heavy atom. The van der Waals surface area contributed by atoms with Gasteiger partial charge in [-0.2, -0.15) is 0 Å². The van der Waals surface area contributed by atoms with Gasteiger partial charge in [0, 0.05) is 10.9 Å². The van der Waals surface area contributed by atoms with Gasteiger partial charge in [-0.25, -0.2) is 8.42 Å². The van der Waals surface area contributed by atoms with Crippen molar-refractivity contribution in [2.75, 3.05) is 0 Å². The number of hydrogen-bond acceptors (Lipinski definition) is 6. The fourth-order valence-corrected chi connectivity index (χ4v) is 3.62. The molecule has 4 rings (SSSR count). The van der Waals surface area contributed by atoms with E-state index < -0.39 is 26.2 Å². The quantitative estimate of drug-likeness (QED) is 0.298. The van der Waals surface area contributed by atoms with Gasteiger partial charge >= 0.3 is 29.6 Å². The summed E-state index contributed by atoms with van der Waals surface area (Å²) >= 11 is 0. The van der Waals surface area contributed by atoms with E-state index in [2.05, 4.69) is 0 Å². The summed E-state index contributed by atoms with van der Waals surface area (Å²) in [5.41, 5.74) is -0.0635. The molecule has 0 aliphatic heterocycles. The van der Waals surface area contributed by atoms with Crippen LogP contribution in [0.15, 0.2) is 74.8 Å². The molecule has 1 N–H and O–H groups in total. The maximum atomic E-state index is 12.6. The van der Waals surface area contributed by atoms with Crippen LogP contribution in [0.3, 0.4) is 0 Å². The minimum Gasteiger partial charge on any atom is -0.744 e. The molecule has 6 nitrogen and oxygen atoms in total. The molecule has 0 bridgehead atoms. The van der Waals surface area contributed by atoms with Crippen LogP contribution in [0.4, 0.5) is 0 Å². The third-order valence-corrected chi connectivity index (χ3v) is 5.03. The molecule has 0 atom stereocenters. The van der Waals surface area contributed by atoms with Crippen molar-refractivity contribution in [2.45, 2.75) is 4.90 Å². The molecule has 1 aromatic heterocycles. The van der Waals surface area contributed by atoms with Gasteiger partial charge in [0.25, 0.3) is 0 Å². The molecule has 0 aliphatic rings. The molecule has 0 saturated heterocycles. The second-order valence-electron chi connectivity index (χ2n) is 5.75. The molecule has 0 saturated carbocycles. The van der Waals surface area contributed by atoms with Crippen LogP contribution in [0, 0.1) is 0 Å². The second-order valence-corrected chi connectivity index (χ2v) is 7.10. The van der Waals surface area contributed by atoms with E-state index in [0.29, 0.717) is 10.9 Å². The average molecular weight is 390 g/mol. The summed E-state index contributed by atoms with van der Waals surface area (Å²) in [6.45, 7) is 0. The SMILES string of the molecule is O=c1c(O)c(-c2ccccc2)oc2cc3c(S(=O)(=O)[O-])cccc3cc12.[Na+]. The zero-order chi connectivity index (χ0) is 18.5. The number of benzene rings is 3. The van der Waals surface area contributed by atoms with E-state index in [0.717, 1.165) is 0 Å². The predicted octanol–water partition coefficient (Wildman–Crippen LogP) is 0.227. The molecule has 130 valence electrons. The summed E-state index contributed by atoms with van der Waals surface area (Å²) in [6, 6.07) is 15.5. The molecule has 0 radical (unpaired) electrons. The molecule has 4 aromatic rings. The molecule has 0 amide bonds. The monoisotopic (exact) mass is 390 g/mol. The Hall–Kier alpha value is -2.16. The van der Waals surface area contributed by atoms with Crippen molar-refractivity contribution in [1.82, 2.24) is 0 Å². The van der Waals surface area contributed by atoms with Crippen LogP contribution in [-0.4, -0.2) is 18.1 Å². The van der Waals surface area contributed by atoms with E-state index in [9.17, 15) is 22.9 Å². The van der Waals surface area contributed by atoms with E-state index in [-0.39, 0.29) is 51.7 Å². The van der Waals surface area contributed by atoms with Crippen molar-refractivity contribution in [3.8, 4) is 17.1 Å². The van der Waals surface area contributed by atoms with Crippen molar-refractivity contribution in [3.05, 3.63) is 70.9 Å². The zero-order valence-electron chi connectivity index (χ0n) is 14.2. The van der Waals surface area contributed by atoms with Crippen molar-refractivity contribution in [3.63, 3.8) is 0 Å². The van der Waals surface area contributed by atoms with Crippen molar-refractivity contribution in [2.24, 2.45) is 0 Å². The first-order valence-electron chi connectivity index (χ1n) is 7.60. The number of hydrogen-bond donors (Lipinski definition) is 1. The molecule has 8 heteroatoms. The fourth-order valence-electron chi connectivity index (χ4n) is 2.93. The minimum absolute atomic E-state index is 0. The van der Waals surface area contributed by atoms with E-state index in [1.165, 1.54) is 24.3 Å². The third-order valence-electron chi connectivity index (χ3n) is 4.13. The number of fused-ring (bicyclic) bond motifs is 2. The first-order valence-corrected chi connectivity index (χ1v) is 9.01. The van der Waals surface area contributed by atoms with Crippen LogP contribution in [0.2, 0.25) is 0 Å². The third kappa shape index (κ3) is 3.40.